The van der Waals surface area contributed by atoms with E-state index in [9.17, 15) is 9.90 Å². The molecule has 1 aromatic heterocycles. The summed E-state index contributed by atoms with van der Waals surface area (Å²) in [6.45, 7) is 6.53. The lowest BCUT2D eigenvalue weighted by atomic mass is 10.1. The second-order valence-corrected chi connectivity index (χ2v) is 6.25. The molecule has 0 radical (unpaired) electrons. The highest BCUT2D eigenvalue weighted by atomic mass is 16.5. The summed E-state index contributed by atoms with van der Waals surface area (Å²) < 4.78 is 6.74. The van der Waals surface area contributed by atoms with Gasteiger partial charge in [-0.05, 0) is 48.9 Å². The number of aliphatic hydroxyl groups is 1. The maximum absolute atomic E-state index is 12.3. The minimum Gasteiger partial charge on any atom is -0.480 e. The maximum Gasteiger partial charge on any atom is 0.267 e. The number of nitrogens with zero attached hydrogens (tertiary/aromatic N) is 2. The fourth-order valence-corrected chi connectivity index (χ4v) is 2.84. The molecule has 3 rings (SSSR count). The summed E-state index contributed by atoms with van der Waals surface area (Å²) >= 11 is 0. The number of nitrogens with one attached hydrogen (secondary N) is 1. The molecule has 0 saturated carbocycles. The molecular formula is C22H23N3O3. The molecule has 0 aliphatic rings. The van der Waals surface area contributed by atoms with E-state index in [2.05, 4.69) is 17.0 Å². The lowest BCUT2D eigenvalue weighted by Gasteiger charge is -2.12. The van der Waals surface area contributed by atoms with Crippen LogP contribution in [0.25, 0.3) is 11.3 Å². The van der Waals surface area contributed by atoms with Crippen LogP contribution in [0.2, 0.25) is 0 Å². The molecule has 0 atom stereocenters. The van der Waals surface area contributed by atoms with Gasteiger partial charge >= 0.3 is 0 Å². The quantitative estimate of drug-likeness (QED) is 0.589. The Balaban J connectivity index is 1.84. The Bertz CT molecular complexity index is 1030. The van der Waals surface area contributed by atoms with Gasteiger partial charge in [-0.3, -0.25) is 4.79 Å². The van der Waals surface area contributed by atoms with Crippen LogP contribution in [0.15, 0.2) is 77.9 Å². The first-order valence-electron chi connectivity index (χ1n) is 9.05. The van der Waals surface area contributed by atoms with Gasteiger partial charge in [0.05, 0.1) is 25.5 Å². The number of hydrogen-bond donors (Lipinski definition) is 2. The number of ether oxygens (including phenoxy) is 1. The Morgan fingerprint density at radius 2 is 1.93 bits per heavy atom. The fraction of sp³-hybridized carbons (Fsp3) is 0.182. The molecule has 6 nitrogen and oxygen atoms in total. The highest BCUT2D eigenvalue weighted by Crippen LogP contribution is 2.18. The molecule has 0 saturated heterocycles. The average molecular weight is 377 g/mol. The minimum atomic E-state index is -0.181. The van der Waals surface area contributed by atoms with Crippen molar-refractivity contribution in [3.05, 3.63) is 94.6 Å². The zero-order valence-corrected chi connectivity index (χ0v) is 15.8. The van der Waals surface area contributed by atoms with E-state index in [1.807, 2.05) is 55.5 Å². The molecule has 0 fully saturated rings. The van der Waals surface area contributed by atoms with Crippen LogP contribution < -0.4 is 10.9 Å². The van der Waals surface area contributed by atoms with Crippen LogP contribution in [0, 0.1) is 0 Å². The summed E-state index contributed by atoms with van der Waals surface area (Å²) in [5.41, 5.74) is 3.89. The lowest BCUT2D eigenvalue weighted by Crippen LogP contribution is -2.22. The van der Waals surface area contributed by atoms with Gasteiger partial charge in [0.1, 0.15) is 0 Å². The Kier molecular flexibility index (Phi) is 6.24. The predicted molar refractivity (Wildman–Crippen MR) is 110 cm³/mol. The summed E-state index contributed by atoms with van der Waals surface area (Å²) in [5, 5.41) is 16.9. The number of aliphatic hydroxyl groups excluding tert-OH is 1. The van der Waals surface area contributed by atoms with Crippen molar-refractivity contribution in [2.45, 2.75) is 20.1 Å². The number of rotatable bonds is 8. The number of hydrogen-bond acceptors (Lipinski definition) is 5. The highest BCUT2D eigenvalue weighted by molar-refractivity contribution is 5.59. The first-order valence-corrected chi connectivity index (χ1v) is 9.05. The minimum absolute atomic E-state index is 0.0414. The number of anilines is 1. The molecule has 6 heteroatoms. The van der Waals surface area contributed by atoms with Gasteiger partial charge in [-0.1, -0.05) is 30.3 Å². The van der Waals surface area contributed by atoms with Crippen molar-refractivity contribution in [3.63, 3.8) is 0 Å². The van der Waals surface area contributed by atoms with Gasteiger partial charge < -0.3 is 15.2 Å². The van der Waals surface area contributed by atoms with Crippen molar-refractivity contribution in [2.75, 3.05) is 11.9 Å². The van der Waals surface area contributed by atoms with E-state index in [4.69, 9.17) is 4.74 Å². The summed E-state index contributed by atoms with van der Waals surface area (Å²) in [6.07, 6.45) is 0. The molecule has 0 spiro atoms. The Morgan fingerprint density at radius 1 is 1.14 bits per heavy atom. The topological polar surface area (TPSA) is 76.4 Å². The monoisotopic (exact) mass is 377 g/mol. The molecular weight excluding hydrogens is 354 g/mol. The molecule has 0 unspecified atom stereocenters. The van der Waals surface area contributed by atoms with Gasteiger partial charge in [-0.15, -0.1) is 0 Å². The highest BCUT2D eigenvalue weighted by Gasteiger charge is 2.06. The molecule has 0 aliphatic heterocycles. The van der Waals surface area contributed by atoms with Crippen LogP contribution in [0.1, 0.15) is 18.1 Å². The predicted octanol–water partition coefficient (Wildman–Crippen LogP) is 3.37. The fourth-order valence-electron chi connectivity index (χ4n) is 2.84. The average Bonchev–Trinajstić information content (AvgIpc) is 2.70. The molecule has 28 heavy (non-hydrogen) atoms. The third kappa shape index (κ3) is 4.86. The van der Waals surface area contributed by atoms with E-state index in [-0.39, 0.29) is 12.2 Å². The molecule has 1 heterocycles. The smallest absolute Gasteiger partial charge is 0.267 e. The number of benzene rings is 2. The molecule has 0 bridgehead atoms. The summed E-state index contributed by atoms with van der Waals surface area (Å²) in [6, 6.07) is 18.3. The van der Waals surface area contributed by atoms with Crippen molar-refractivity contribution in [1.82, 2.24) is 9.78 Å². The third-order valence-electron chi connectivity index (χ3n) is 4.13. The van der Waals surface area contributed by atoms with E-state index in [1.54, 1.807) is 6.07 Å². The van der Waals surface area contributed by atoms with Gasteiger partial charge in [0.15, 0.2) is 5.88 Å². The summed E-state index contributed by atoms with van der Waals surface area (Å²) in [5.74, 6) is 0.473. The van der Waals surface area contributed by atoms with Crippen LogP contribution in [0.3, 0.4) is 0 Å². The van der Waals surface area contributed by atoms with Crippen molar-refractivity contribution in [1.29, 1.82) is 0 Å². The van der Waals surface area contributed by atoms with Crippen LogP contribution in [0.5, 0.6) is 0 Å². The largest absolute Gasteiger partial charge is 0.480 e. The van der Waals surface area contributed by atoms with Gasteiger partial charge in [0, 0.05) is 17.3 Å². The van der Waals surface area contributed by atoms with Gasteiger partial charge in [0.25, 0.3) is 5.56 Å². The van der Waals surface area contributed by atoms with Crippen LogP contribution in [-0.4, -0.2) is 21.5 Å². The van der Waals surface area contributed by atoms with Crippen LogP contribution in [-0.2, 0) is 17.9 Å². The molecule has 0 amide bonds. The van der Waals surface area contributed by atoms with E-state index in [0.29, 0.717) is 24.7 Å². The summed E-state index contributed by atoms with van der Waals surface area (Å²) in [4.78, 5) is 12.3. The zero-order valence-electron chi connectivity index (χ0n) is 15.8. The first kappa shape index (κ1) is 19.4. The molecule has 2 aromatic carbocycles. The van der Waals surface area contributed by atoms with Gasteiger partial charge in [0.2, 0.25) is 0 Å². The van der Waals surface area contributed by atoms with Crippen molar-refractivity contribution >= 4 is 5.69 Å². The zero-order chi connectivity index (χ0) is 19.9. The Labute approximate surface area is 163 Å². The molecule has 0 aliphatic carbocycles. The van der Waals surface area contributed by atoms with Crippen molar-refractivity contribution in [3.8, 4) is 11.3 Å². The van der Waals surface area contributed by atoms with Crippen molar-refractivity contribution < 1.29 is 9.84 Å². The van der Waals surface area contributed by atoms with E-state index in [1.165, 1.54) is 10.7 Å². The van der Waals surface area contributed by atoms with E-state index >= 15 is 0 Å². The van der Waals surface area contributed by atoms with Crippen LogP contribution in [0.4, 0.5) is 5.69 Å². The van der Waals surface area contributed by atoms with Gasteiger partial charge in [-0.2, -0.15) is 5.10 Å². The van der Waals surface area contributed by atoms with E-state index < -0.39 is 0 Å². The Morgan fingerprint density at radius 3 is 2.71 bits per heavy atom. The maximum atomic E-state index is 12.3. The summed E-state index contributed by atoms with van der Waals surface area (Å²) in [7, 11) is 0. The number of aromatic nitrogens is 2. The molecule has 3 aromatic rings. The first-order chi connectivity index (χ1) is 13.6. The Hall–Kier alpha value is -3.38. The molecule has 144 valence electrons. The van der Waals surface area contributed by atoms with Crippen molar-refractivity contribution in [2.24, 2.45) is 0 Å². The third-order valence-corrected chi connectivity index (χ3v) is 4.13. The standard InChI is InChI=1S/C22H23N3O3/c1-3-28-16(2)23-20-9-5-6-17(13-20)14-25-22(27)11-10-21(24-25)19-8-4-7-18(12-19)15-26/h4-13,23,26H,2-3,14-15H2,1H3. The lowest BCUT2D eigenvalue weighted by molar-refractivity contribution is 0.236. The second kappa shape index (κ2) is 9.01. The van der Waals surface area contributed by atoms with Crippen LogP contribution >= 0.6 is 0 Å². The van der Waals surface area contributed by atoms with E-state index in [0.717, 1.165) is 22.4 Å². The molecule has 2 N–H and O–H groups in total. The SMILES string of the molecule is C=C(Nc1cccc(Cn2nc(-c3cccc(CO)c3)ccc2=O)c1)OCC. The second-order valence-electron chi connectivity index (χ2n) is 6.25. The van der Waals surface area contributed by atoms with Gasteiger partial charge in [-0.25, -0.2) is 4.68 Å². The normalized spacial score (nSPS) is 10.5.